The van der Waals surface area contributed by atoms with Crippen LogP contribution in [0.15, 0.2) is 42.7 Å². The van der Waals surface area contributed by atoms with E-state index < -0.39 is 23.1 Å². The van der Waals surface area contributed by atoms with Crippen molar-refractivity contribution in [2.24, 2.45) is 0 Å². The van der Waals surface area contributed by atoms with E-state index in [0.717, 1.165) is 23.2 Å². The van der Waals surface area contributed by atoms with Gasteiger partial charge in [-0.25, -0.2) is 18.6 Å². The monoisotopic (exact) mass is 479 g/mol. The number of benzene rings is 2. The number of nitrogens with one attached hydrogen (secondary N) is 1. The predicted octanol–water partition coefficient (Wildman–Crippen LogP) is 5.64. The quantitative estimate of drug-likeness (QED) is 0.367. The van der Waals surface area contributed by atoms with E-state index in [4.69, 9.17) is 18.8 Å². The standard InChI is InChI=1S/C25H23F2N5OS/c1-15-12-21(19(27)14-20(15)28-4)31-23(33)25(2,3)32(24(31)34)17-9-8-16(18(26)13-17)6-5-7-22-29-10-11-30-22/h8-14H,5-7H2,1-3H3,(H,29,30). The molecule has 2 aromatic carbocycles. The molecule has 0 bridgehead atoms. The van der Waals surface area contributed by atoms with Crippen molar-refractivity contribution in [3.8, 4) is 0 Å². The number of aromatic amines is 1. The number of hydrogen-bond donors (Lipinski definition) is 1. The number of H-pyrrole nitrogens is 1. The van der Waals surface area contributed by atoms with E-state index >= 15 is 0 Å². The van der Waals surface area contributed by atoms with Gasteiger partial charge in [-0.1, -0.05) is 6.07 Å². The third kappa shape index (κ3) is 4.05. The fourth-order valence-corrected chi connectivity index (χ4v) is 4.66. The van der Waals surface area contributed by atoms with Gasteiger partial charge in [-0.15, -0.1) is 0 Å². The Morgan fingerprint density at radius 1 is 1.18 bits per heavy atom. The van der Waals surface area contributed by atoms with Gasteiger partial charge >= 0.3 is 0 Å². The highest BCUT2D eigenvalue weighted by Gasteiger charge is 2.51. The minimum absolute atomic E-state index is 0.0227. The van der Waals surface area contributed by atoms with E-state index in [9.17, 15) is 13.6 Å². The van der Waals surface area contributed by atoms with E-state index in [1.165, 1.54) is 17.0 Å². The average molecular weight is 480 g/mol. The van der Waals surface area contributed by atoms with Gasteiger partial charge in [0.2, 0.25) is 0 Å². The number of nitrogens with zero attached hydrogens (tertiary/aromatic N) is 4. The summed E-state index contributed by atoms with van der Waals surface area (Å²) < 4.78 is 29.8. The smallest absolute Gasteiger partial charge is 0.259 e. The van der Waals surface area contributed by atoms with Gasteiger partial charge in [-0.05, 0) is 81.2 Å². The lowest BCUT2D eigenvalue weighted by Crippen LogP contribution is -2.44. The minimum atomic E-state index is -1.16. The fraction of sp³-hybridized carbons (Fsp3) is 0.280. The summed E-state index contributed by atoms with van der Waals surface area (Å²) in [6.45, 7) is 12.2. The molecule has 1 aliphatic heterocycles. The predicted molar refractivity (Wildman–Crippen MR) is 131 cm³/mol. The normalized spacial score (nSPS) is 15.2. The van der Waals surface area contributed by atoms with Crippen LogP contribution in [0, 0.1) is 25.1 Å². The maximum Gasteiger partial charge on any atom is 0.259 e. The maximum atomic E-state index is 15.0. The lowest BCUT2D eigenvalue weighted by atomic mass is 10.0. The molecule has 0 spiro atoms. The first-order valence-corrected chi connectivity index (χ1v) is 11.2. The van der Waals surface area contributed by atoms with Crippen LogP contribution in [0.2, 0.25) is 0 Å². The van der Waals surface area contributed by atoms with Gasteiger partial charge in [0.05, 0.1) is 12.3 Å². The maximum absolute atomic E-state index is 15.0. The highest BCUT2D eigenvalue weighted by Crippen LogP contribution is 2.39. The third-order valence-corrected chi connectivity index (χ3v) is 6.37. The van der Waals surface area contributed by atoms with E-state index in [-0.39, 0.29) is 16.5 Å². The molecule has 0 saturated carbocycles. The van der Waals surface area contributed by atoms with Crippen molar-refractivity contribution in [3.05, 3.63) is 82.7 Å². The number of thiocarbonyl (C=S) groups is 1. The molecule has 3 aromatic rings. The van der Waals surface area contributed by atoms with Gasteiger partial charge in [0.15, 0.2) is 10.8 Å². The Kier molecular flexibility index (Phi) is 6.19. The summed E-state index contributed by atoms with van der Waals surface area (Å²) in [7, 11) is 0. The van der Waals surface area contributed by atoms with Gasteiger partial charge in [0.25, 0.3) is 5.91 Å². The first kappa shape index (κ1) is 23.5. The first-order valence-electron chi connectivity index (χ1n) is 10.8. The zero-order chi connectivity index (χ0) is 24.6. The molecule has 174 valence electrons. The van der Waals surface area contributed by atoms with Crippen LogP contribution in [0.5, 0.6) is 0 Å². The van der Waals surface area contributed by atoms with Crippen molar-refractivity contribution in [2.45, 2.75) is 45.6 Å². The third-order valence-electron chi connectivity index (χ3n) is 6.00. The van der Waals surface area contributed by atoms with Gasteiger partial charge in [-0.3, -0.25) is 9.69 Å². The second-order valence-corrected chi connectivity index (χ2v) is 9.05. The van der Waals surface area contributed by atoms with Crippen LogP contribution in [0.1, 0.15) is 37.2 Å². The Balaban J connectivity index is 1.61. The van der Waals surface area contributed by atoms with Crippen LogP contribution in [-0.4, -0.2) is 26.5 Å². The Hall–Kier alpha value is -3.64. The number of halogens is 2. The number of imidazole rings is 1. The molecule has 1 aliphatic rings. The number of carbonyl (C=O) groups is 1. The van der Waals surface area contributed by atoms with Gasteiger partial charge in [-0.2, -0.15) is 0 Å². The highest BCUT2D eigenvalue weighted by molar-refractivity contribution is 7.81. The molecule has 0 atom stereocenters. The molecule has 0 radical (unpaired) electrons. The Labute approximate surface area is 202 Å². The lowest BCUT2D eigenvalue weighted by molar-refractivity contribution is -0.120. The Bertz CT molecular complexity index is 1310. The molecule has 1 aromatic heterocycles. The Morgan fingerprint density at radius 2 is 1.94 bits per heavy atom. The number of anilines is 2. The zero-order valence-electron chi connectivity index (χ0n) is 19.0. The van der Waals surface area contributed by atoms with E-state index in [1.807, 2.05) is 0 Å². The molecule has 1 saturated heterocycles. The number of amides is 1. The van der Waals surface area contributed by atoms with Crippen LogP contribution in [-0.2, 0) is 17.6 Å². The van der Waals surface area contributed by atoms with Crippen LogP contribution in [0.25, 0.3) is 4.85 Å². The van der Waals surface area contributed by atoms with Crippen molar-refractivity contribution in [3.63, 3.8) is 0 Å². The van der Waals surface area contributed by atoms with Crippen molar-refractivity contribution < 1.29 is 13.6 Å². The van der Waals surface area contributed by atoms with E-state index in [0.29, 0.717) is 29.7 Å². The van der Waals surface area contributed by atoms with Crippen molar-refractivity contribution in [1.29, 1.82) is 0 Å². The summed E-state index contributed by atoms with van der Waals surface area (Å²) >= 11 is 5.58. The second-order valence-electron chi connectivity index (χ2n) is 8.68. The summed E-state index contributed by atoms with van der Waals surface area (Å²) in [6, 6.07) is 7.31. The molecule has 34 heavy (non-hydrogen) atoms. The summed E-state index contributed by atoms with van der Waals surface area (Å²) in [5.74, 6) is -0.700. The minimum Gasteiger partial charge on any atom is -0.349 e. The van der Waals surface area contributed by atoms with Crippen molar-refractivity contribution in [1.82, 2.24) is 9.97 Å². The number of aryl methyl sites for hydroxylation is 3. The average Bonchev–Trinajstić information content (AvgIpc) is 3.36. The van der Waals surface area contributed by atoms with Crippen molar-refractivity contribution in [2.75, 3.05) is 9.80 Å². The molecular formula is C25H23F2N5OS. The summed E-state index contributed by atoms with van der Waals surface area (Å²) in [5, 5.41) is 0.0498. The van der Waals surface area contributed by atoms with Crippen LogP contribution in [0.3, 0.4) is 0 Å². The fourth-order valence-electron chi connectivity index (χ4n) is 4.15. The van der Waals surface area contributed by atoms with E-state index in [1.54, 1.807) is 45.3 Å². The van der Waals surface area contributed by atoms with Crippen LogP contribution < -0.4 is 9.80 Å². The summed E-state index contributed by atoms with van der Waals surface area (Å²) in [4.78, 5) is 26.5. The summed E-state index contributed by atoms with van der Waals surface area (Å²) in [6.07, 6.45) is 5.40. The molecule has 1 amide bonds. The van der Waals surface area contributed by atoms with Gasteiger partial charge in [0.1, 0.15) is 23.0 Å². The Morgan fingerprint density at radius 3 is 2.59 bits per heavy atom. The van der Waals surface area contributed by atoms with Gasteiger partial charge < -0.3 is 9.88 Å². The molecule has 9 heteroatoms. The molecule has 1 fully saturated rings. The molecule has 2 heterocycles. The topological polar surface area (TPSA) is 56.6 Å². The SMILES string of the molecule is [C-]#[N+]c1cc(F)c(N2C(=O)C(C)(C)N(c3ccc(CCCc4ncc[nH]4)c(F)c3)C2=S)cc1C. The molecule has 0 unspecified atom stereocenters. The second kappa shape index (κ2) is 8.95. The number of rotatable bonds is 6. The first-order chi connectivity index (χ1) is 16.1. The molecule has 1 N–H and O–H groups in total. The molecule has 0 aliphatic carbocycles. The number of carbonyl (C=O) groups excluding carboxylic acids is 1. The molecule has 6 nitrogen and oxygen atoms in total. The van der Waals surface area contributed by atoms with Gasteiger partial charge in [0, 0.05) is 24.5 Å². The van der Waals surface area contributed by atoms with Crippen LogP contribution in [0.4, 0.5) is 25.8 Å². The van der Waals surface area contributed by atoms with E-state index in [2.05, 4.69) is 14.8 Å². The van der Waals surface area contributed by atoms with Crippen molar-refractivity contribution >= 4 is 40.3 Å². The number of hydrogen-bond acceptors (Lipinski definition) is 3. The van der Waals surface area contributed by atoms with Crippen LogP contribution >= 0.6 is 12.2 Å². The highest BCUT2D eigenvalue weighted by atomic mass is 32.1. The zero-order valence-corrected chi connectivity index (χ0v) is 19.8. The largest absolute Gasteiger partial charge is 0.349 e. The lowest BCUT2D eigenvalue weighted by Gasteiger charge is -2.29. The summed E-state index contributed by atoms with van der Waals surface area (Å²) in [5.41, 5.74) is 0.475. The molecular weight excluding hydrogens is 456 g/mol. The number of aromatic nitrogens is 2. The molecule has 4 rings (SSSR count).